The fourth-order valence-electron chi connectivity index (χ4n) is 3.11. The van der Waals surface area contributed by atoms with Crippen molar-refractivity contribution in [1.82, 2.24) is 20.1 Å². The van der Waals surface area contributed by atoms with E-state index in [0.29, 0.717) is 12.1 Å². The summed E-state index contributed by atoms with van der Waals surface area (Å²) in [6.07, 6.45) is 1.63. The fourth-order valence-corrected chi connectivity index (χ4v) is 3.11. The number of carbonyl (C=O) groups is 1. The highest BCUT2D eigenvalue weighted by molar-refractivity contribution is 5.95. The molecule has 0 unspecified atom stereocenters. The zero-order valence-electron chi connectivity index (χ0n) is 16.0. The van der Waals surface area contributed by atoms with Gasteiger partial charge < -0.3 is 15.0 Å². The SMILES string of the molecule is Cc1c(C(=O)NCc2cccc(N3CCOCC3)n2)cnn1C(C)(C)C. The Bertz CT molecular complexity index is 772. The normalized spacial score (nSPS) is 15.2. The van der Waals surface area contributed by atoms with Gasteiger partial charge in [0.05, 0.1) is 42.8 Å². The molecule has 1 N–H and O–H groups in total. The maximum Gasteiger partial charge on any atom is 0.255 e. The van der Waals surface area contributed by atoms with E-state index in [0.717, 1.165) is 43.5 Å². The van der Waals surface area contributed by atoms with Gasteiger partial charge in [-0.15, -0.1) is 0 Å². The fraction of sp³-hybridized carbons (Fsp3) is 0.526. The second-order valence-electron chi connectivity index (χ2n) is 7.50. The van der Waals surface area contributed by atoms with Gasteiger partial charge in [0.15, 0.2) is 0 Å². The zero-order valence-corrected chi connectivity index (χ0v) is 16.0. The van der Waals surface area contributed by atoms with Crippen molar-refractivity contribution in [3.63, 3.8) is 0 Å². The lowest BCUT2D eigenvalue weighted by atomic mass is 10.1. The molecule has 1 amide bonds. The molecule has 1 saturated heterocycles. The molecule has 0 radical (unpaired) electrons. The first-order chi connectivity index (χ1) is 12.4. The third kappa shape index (κ3) is 4.04. The molecule has 2 aromatic rings. The van der Waals surface area contributed by atoms with E-state index in [2.05, 4.69) is 41.1 Å². The van der Waals surface area contributed by atoms with Crippen molar-refractivity contribution in [3.8, 4) is 0 Å². The van der Waals surface area contributed by atoms with Gasteiger partial charge in [-0.25, -0.2) is 4.98 Å². The van der Waals surface area contributed by atoms with Crippen LogP contribution in [0.1, 0.15) is 42.5 Å². The van der Waals surface area contributed by atoms with Crippen LogP contribution < -0.4 is 10.2 Å². The number of nitrogens with one attached hydrogen (secondary N) is 1. The standard InChI is InChI=1S/C19H27N5O2/c1-14-16(13-21-24(14)19(2,3)4)18(25)20-12-15-6-5-7-17(22-15)23-8-10-26-11-9-23/h5-7,13H,8-12H2,1-4H3,(H,20,25). The summed E-state index contributed by atoms with van der Waals surface area (Å²) in [4.78, 5) is 19.4. The number of anilines is 1. The molecular formula is C19H27N5O2. The van der Waals surface area contributed by atoms with Gasteiger partial charge in [-0.3, -0.25) is 9.48 Å². The average Bonchev–Trinajstić information content (AvgIpc) is 3.02. The van der Waals surface area contributed by atoms with Crippen molar-refractivity contribution in [2.24, 2.45) is 0 Å². The van der Waals surface area contributed by atoms with Crippen LogP contribution in [-0.2, 0) is 16.8 Å². The summed E-state index contributed by atoms with van der Waals surface area (Å²) in [7, 11) is 0. The van der Waals surface area contributed by atoms with Crippen LogP contribution in [0.25, 0.3) is 0 Å². The number of pyridine rings is 1. The monoisotopic (exact) mass is 357 g/mol. The number of carbonyl (C=O) groups excluding carboxylic acids is 1. The number of rotatable bonds is 4. The van der Waals surface area contributed by atoms with Crippen LogP contribution in [-0.4, -0.2) is 47.0 Å². The minimum Gasteiger partial charge on any atom is -0.378 e. The number of aromatic nitrogens is 3. The van der Waals surface area contributed by atoms with Crippen molar-refractivity contribution >= 4 is 11.7 Å². The van der Waals surface area contributed by atoms with E-state index >= 15 is 0 Å². The van der Waals surface area contributed by atoms with E-state index in [9.17, 15) is 4.79 Å². The van der Waals surface area contributed by atoms with Crippen LogP contribution in [0.15, 0.2) is 24.4 Å². The molecule has 0 aliphatic carbocycles. The molecule has 7 nitrogen and oxygen atoms in total. The lowest BCUT2D eigenvalue weighted by molar-refractivity contribution is 0.0949. The molecule has 1 aliphatic rings. The van der Waals surface area contributed by atoms with Gasteiger partial charge in [0.1, 0.15) is 5.82 Å². The van der Waals surface area contributed by atoms with Crippen LogP contribution in [0.2, 0.25) is 0 Å². The van der Waals surface area contributed by atoms with Gasteiger partial charge in [-0.1, -0.05) is 6.07 Å². The first kappa shape index (κ1) is 18.4. The summed E-state index contributed by atoms with van der Waals surface area (Å²) in [6, 6.07) is 5.89. The second kappa shape index (κ2) is 7.45. The third-order valence-electron chi connectivity index (χ3n) is 4.45. The Balaban J connectivity index is 1.66. The van der Waals surface area contributed by atoms with E-state index in [-0.39, 0.29) is 11.4 Å². The van der Waals surface area contributed by atoms with Gasteiger partial charge in [-0.05, 0) is 39.8 Å². The molecule has 0 spiro atoms. The molecule has 26 heavy (non-hydrogen) atoms. The van der Waals surface area contributed by atoms with Crippen LogP contribution >= 0.6 is 0 Å². The minimum absolute atomic E-state index is 0.128. The smallest absolute Gasteiger partial charge is 0.255 e. The quantitative estimate of drug-likeness (QED) is 0.907. The number of hydrogen-bond acceptors (Lipinski definition) is 5. The van der Waals surface area contributed by atoms with Gasteiger partial charge in [0, 0.05) is 18.8 Å². The first-order valence-electron chi connectivity index (χ1n) is 8.98. The molecule has 2 aromatic heterocycles. The summed E-state index contributed by atoms with van der Waals surface area (Å²) < 4.78 is 7.26. The number of hydrogen-bond donors (Lipinski definition) is 1. The van der Waals surface area contributed by atoms with Crippen LogP contribution in [0.4, 0.5) is 5.82 Å². The van der Waals surface area contributed by atoms with Crippen molar-refractivity contribution in [2.45, 2.75) is 39.8 Å². The highest BCUT2D eigenvalue weighted by Gasteiger charge is 2.21. The van der Waals surface area contributed by atoms with Crippen LogP contribution in [0, 0.1) is 6.92 Å². The Labute approximate surface area is 154 Å². The van der Waals surface area contributed by atoms with Gasteiger partial charge in [0.25, 0.3) is 5.91 Å². The molecule has 0 saturated carbocycles. The maximum atomic E-state index is 12.5. The summed E-state index contributed by atoms with van der Waals surface area (Å²) in [5.41, 5.74) is 2.15. The Kier molecular flexibility index (Phi) is 5.27. The van der Waals surface area contributed by atoms with Crippen molar-refractivity contribution in [3.05, 3.63) is 41.3 Å². The average molecular weight is 357 g/mol. The Morgan fingerprint density at radius 1 is 1.27 bits per heavy atom. The predicted octanol–water partition coefficient (Wildman–Crippen LogP) is 2.11. The topological polar surface area (TPSA) is 72.3 Å². The highest BCUT2D eigenvalue weighted by Crippen LogP contribution is 2.18. The van der Waals surface area contributed by atoms with E-state index in [1.807, 2.05) is 29.8 Å². The lowest BCUT2D eigenvalue weighted by Gasteiger charge is -2.28. The highest BCUT2D eigenvalue weighted by atomic mass is 16.5. The van der Waals surface area contributed by atoms with E-state index in [1.54, 1.807) is 6.20 Å². The molecule has 7 heteroatoms. The van der Waals surface area contributed by atoms with Gasteiger partial charge >= 0.3 is 0 Å². The van der Waals surface area contributed by atoms with Crippen molar-refractivity contribution in [2.75, 3.05) is 31.2 Å². The molecule has 0 atom stereocenters. The van der Waals surface area contributed by atoms with Crippen LogP contribution in [0.3, 0.4) is 0 Å². The number of morpholine rings is 1. The zero-order chi connectivity index (χ0) is 18.7. The largest absolute Gasteiger partial charge is 0.378 e. The Morgan fingerprint density at radius 2 is 2.00 bits per heavy atom. The third-order valence-corrected chi connectivity index (χ3v) is 4.45. The number of ether oxygens (including phenoxy) is 1. The van der Waals surface area contributed by atoms with Crippen molar-refractivity contribution in [1.29, 1.82) is 0 Å². The molecule has 1 aliphatic heterocycles. The summed E-state index contributed by atoms with van der Waals surface area (Å²) in [5.74, 6) is 0.799. The second-order valence-corrected chi connectivity index (χ2v) is 7.50. The molecular weight excluding hydrogens is 330 g/mol. The lowest BCUT2D eigenvalue weighted by Crippen LogP contribution is -2.37. The summed E-state index contributed by atoms with van der Waals surface area (Å²) >= 11 is 0. The van der Waals surface area contributed by atoms with E-state index in [4.69, 9.17) is 4.74 Å². The minimum atomic E-state index is -0.156. The van der Waals surface area contributed by atoms with E-state index < -0.39 is 0 Å². The van der Waals surface area contributed by atoms with Gasteiger partial charge in [0.2, 0.25) is 0 Å². The maximum absolute atomic E-state index is 12.5. The number of nitrogens with zero attached hydrogens (tertiary/aromatic N) is 4. The molecule has 1 fully saturated rings. The summed E-state index contributed by atoms with van der Waals surface area (Å²) in [6.45, 7) is 11.6. The van der Waals surface area contributed by atoms with Crippen LogP contribution in [0.5, 0.6) is 0 Å². The Hall–Kier alpha value is -2.41. The van der Waals surface area contributed by atoms with Gasteiger partial charge in [-0.2, -0.15) is 5.10 Å². The van der Waals surface area contributed by atoms with Crippen molar-refractivity contribution < 1.29 is 9.53 Å². The number of amides is 1. The molecule has 0 aromatic carbocycles. The van der Waals surface area contributed by atoms with E-state index in [1.165, 1.54) is 0 Å². The molecule has 3 rings (SSSR count). The summed E-state index contributed by atoms with van der Waals surface area (Å²) in [5, 5.41) is 7.31. The first-order valence-corrected chi connectivity index (χ1v) is 8.98. The predicted molar refractivity (Wildman–Crippen MR) is 100 cm³/mol. The molecule has 0 bridgehead atoms. The molecule has 3 heterocycles. The molecule has 140 valence electrons. The Morgan fingerprint density at radius 3 is 2.65 bits per heavy atom.